The second kappa shape index (κ2) is 8.52. The van der Waals surface area contributed by atoms with Crippen molar-refractivity contribution in [3.05, 3.63) is 94.5 Å². The van der Waals surface area contributed by atoms with Gasteiger partial charge in [0.2, 0.25) is 0 Å². The van der Waals surface area contributed by atoms with Crippen molar-refractivity contribution in [1.82, 2.24) is 0 Å². The van der Waals surface area contributed by atoms with Crippen molar-refractivity contribution in [3.63, 3.8) is 0 Å². The Morgan fingerprint density at radius 2 is 1.67 bits per heavy atom. The van der Waals surface area contributed by atoms with E-state index in [1.807, 2.05) is 24.3 Å². The molecule has 0 radical (unpaired) electrons. The van der Waals surface area contributed by atoms with Crippen LogP contribution in [0, 0.1) is 0 Å². The molecule has 0 bridgehead atoms. The molecule has 0 saturated carbocycles. The van der Waals surface area contributed by atoms with Crippen LogP contribution in [0.5, 0.6) is 5.75 Å². The van der Waals surface area contributed by atoms with Crippen LogP contribution in [-0.4, -0.2) is 11.7 Å². The monoisotopic (exact) mass is 379 g/mol. The number of halogens is 1. The van der Waals surface area contributed by atoms with Crippen molar-refractivity contribution in [2.24, 2.45) is 0 Å². The molecule has 5 heteroatoms. The second-order valence-corrected chi connectivity index (χ2v) is 6.40. The Labute approximate surface area is 162 Å². The molecule has 136 valence electrons. The molecular weight excluding hydrogens is 362 g/mol. The lowest BCUT2D eigenvalue weighted by molar-refractivity contribution is 0.101. The van der Waals surface area contributed by atoms with Crippen LogP contribution >= 0.6 is 11.6 Å². The van der Waals surface area contributed by atoms with E-state index in [0.29, 0.717) is 34.2 Å². The molecule has 0 spiro atoms. The number of hydrogen-bond donors (Lipinski definition) is 1. The first-order valence-electron chi connectivity index (χ1n) is 8.41. The minimum absolute atomic E-state index is 0.0174. The number of carbonyl (C=O) groups excluding carboxylic acids is 2. The lowest BCUT2D eigenvalue weighted by Crippen LogP contribution is -2.12. The Morgan fingerprint density at radius 1 is 0.926 bits per heavy atom. The predicted octanol–water partition coefficient (Wildman–Crippen LogP) is 5.37. The van der Waals surface area contributed by atoms with Gasteiger partial charge >= 0.3 is 0 Å². The first-order chi connectivity index (χ1) is 13.0. The van der Waals surface area contributed by atoms with Gasteiger partial charge in [-0.15, -0.1) is 0 Å². The van der Waals surface area contributed by atoms with Crippen molar-refractivity contribution >= 4 is 29.0 Å². The largest absolute Gasteiger partial charge is 0.489 e. The second-order valence-electron chi connectivity index (χ2n) is 6.00. The van der Waals surface area contributed by atoms with Gasteiger partial charge in [-0.3, -0.25) is 9.59 Å². The highest BCUT2D eigenvalue weighted by Crippen LogP contribution is 2.20. The van der Waals surface area contributed by atoms with Crippen LogP contribution in [0.25, 0.3) is 0 Å². The first kappa shape index (κ1) is 18.7. The van der Waals surface area contributed by atoms with Gasteiger partial charge < -0.3 is 10.1 Å². The van der Waals surface area contributed by atoms with E-state index >= 15 is 0 Å². The Kier molecular flexibility index (Phi) is 5.89. The highest BCUT2D eigenvalue weighted by Gasteiger charge is 2.09. The van der Waals surface area contributed by atoms with Gasteiger partial charge in [-0.1, -0.05) is 35.9 Å². The number of ketones is 1. The third-order valence-electron chi connectivity index (χ3n) is 4.00. The molecule has 1 amide bonds. The van der Waals surface area contributed by atoms with Crippen LogP contribution in [0.3, 0.4) is 0 Å². The number of carbonyl (C=O) groups is 2. The van der Waals surface area contributed by atoms with Crippen molar-refractivity contribution < 1.29 is 14.3 Å². The van der Waals surface area contributed by atoms with Crippen LogP contribution in [0.4, 0.5) is 5.69 Å². The Bertz CT molecular complexity index is 967. The summed E-state index contributed by atoms with van der Waals surface area (Å²) in [6.45, 7) is 1.82. The van der Waals surface area contributed by atoms with Gasteiger partial charge in [-0.2, -0.15) is 0 Å². The maximum Gasteiger partial charge on any atom is 0.255 e. The van der Waals surface area contributed by atoms with Crippen LogP contribution in [0.1, 0.15) is 33.2 Å². The first-order valence-corrected chi connectivity index (χ1v) is 8.79. The predicted molar refractivity (Wildman–Crippen MR) is 107 cm³/mol. The number of benzene rings is 3. The fourth-order valence-electron chi connectivity index (χ4n) is 2.50. The molecule has 0 saturated heterocycles. The lowest BCUT2D eigenvalue weighted by Gasteiger charge is -2.10. The Hall–Kier alpha value is -3.11. The average Bonchev–Trinajstić information content (AvgIpc) is 2.68. The summed E-state index contributed by atoms with van der Waals surface area (Å²) in [6, 6.07) is 21.2. The standard InChI is InChI=1S/C22H18ClNO3/c1-15(25)16-9-11-19(12-10-16)24-22(26)17-6-4-7-20(13-17)27-14-18-5-2-3-8-21(18)23/h2-13H,14H2,1H3,(H,24,26). The molecule has 1 N–H and O–H groups in total. The zero-order valence-corrected chi connectivity index (χ0v) is 15.5. The summed E-state index contributed by atoms with van der Waals surface area (Å²) in [5.74, 6) is 0.305. The van der Waals surface area contributed by atoms with E-state index in [0.717, 1.165) is 5.56 Å². The summed E-state index contributed by atoms with van der Waals surface area (Å²) >= 11 is 6.13. The van der Waals surface area contributed by atoms with Gasteiger partial charge in [0.1, 0.15) is 12.4 Å². The molecule has 27 heavy (non-hydrogen) atoms. The zero-order chi connectivity index (χ0) is 19.2. The number of Topliss-reactive ketones (excluding diaryl/α,β-unsaturated/α-hetero) is 1. The molecule has 0 fully saturated rings. The van der Waals surface area contributed by atoms with Gasteiger partial charge in [0.25, 0.3) is 5.91 Å². The molecule has 0 aromatic heterocycles. The summed E-state index contributed by atoms with van der Waals surface area (Å²) in [5.41, 5.74) is 2.57. The molecule has 4 nitrogen and oxygen atoms in total. The van der Waals surface area contributed by atoms with E-state index < -0.39 is 0 Å². The van der Waals surface area contributed by atoms with Gasteiger partial charge in [0.15, 0.2) is 5.78 Å². The Morgan fingerprint density at radius 3 is 2.37 bits per heavy atom. The molecule has 0 heterocycles. The molecule has 0 aliphatic heterocycles. The topological polar surface area (TPSA) is 55.4 Å². The number of nitrogens with one attached hydrogen (secondary N) is 1. The van der Waals surface area contributed by atoms with E-state index in [9.17, 15) is 9.59 Å². The van der Waals surface area contributed by atoms with Crippen molar-refractivity contribution in [2.45, 2.75) is 13.5 Å². The summed E-state index contributed by atoms with van der Waals surface area (Å²) in [6.07, 6.45) is 0. The van der Waals surface area contributed by atoms with E-state index in [1.165, 1.54) is 6.92 Å². The van der Waals surface area contributed by atoms with Crippen LogP contribution in [0.2, 0.25) is 5.02 Å². The molecule has 3 rings (SSSR count). The maximum atomic E-state index is 12.5. The third-order valence-corrected chi connectivity index (χ3v) is 4.37. The summed E-state index contributed by atoms with van der Waals surface area (Å²) < 4.78 is 5.75. The molecule has 3 aromatic rings. The summed E-state index contributed by atoms with van der Waals surface area (Å²) in [5, 5.41) is 3.45. The van der Waals surface area contributed by atoms with Gasteiger partial charge in [-0.25, -0.2) is 0 Å². The fourth-order valence-corrected chi connectivity index (χ4v) is 2.69. The highest BCUT2D eigenvalue weighted by atomic mass is 35.5. The van der Waals surface area contributed by atoms with Gasteiger partial charge in [0, 0.05) is 27.4 Å². The lowest BCUT2D eigenvalue weighted by atomic mass is 10.1. The molecule has 0 atom stereocenters. The number of anilines is 1. The van der Waals surface area contributed by atoms with Gasteiger partial charge in [-0.05, 0) is 55.5 Å². The number of ether oxygens (including phenoxy) is 1. The third kappa shape index (κ3) is 4.96. The van der Waals surface area contributed by atoms with E-state index in [4.69, 9.17) is 16.3 Å². The quantitative estimate of drug-likeness (QED) is 0.585. The summed E-state index contributed by atoms with van der Waals surface area (Å²) in [7, 11) is 0. The number of rotatable bonds is 6. The molecule has 0 aliphatic carbocycles. The minimum Gasteiger partial charge on any atom is -0.489 e. The van der Waals surface area contributed by atoms with Crippen LogP contribution in [-0.2, 0) is 6.61 Å². The smallest absolute Gasteiger partial charge is 0.255 e. The van der Waals surface area contributed by atoms with E-state index in [2.05, 4.69) is 5.32 Å². The molecule has 3 aromatic carbocycles. The maximum absolute atomic E-state index is 12.5. The average molecular weight is 380 g/mol. The zero-order valence-electron chi connectivity index (χ0n) is 14.7. The van der Waals surface area contributed by atoms with E-state index in [-0.39, 0.29) is 11.7 Å². The minimum atomic E-state index is -0.256. The van der Waals surface area contributed by atoms with Crippen LogP contribution in [0.15, 0.2) is 72.8 Å². The number of hydrogen-bond acceptors (Lipinski definition) is 3. The van der Waals surface area contributed by atoms with Crippen molar-refractivity contribution in [2.75, 3.05) is 5.32 Å². The molecular formula is C22H18ClNO3. The Balaban J connectivity index is 1.66. The van der Waals surface area contributed by atoms with Crippen molar-refractivity contribution in [1.29, 1.82) is 0 Å². The molecule has 0 aliphatic rings. The van der Waals surface area contributed by atoms with Gasteiger partial charge in [0.05, 0.1) is 0 Å². The highest BCUT2D eigenvalue weighted by molar-refractivity contribution is 6.31. The van der Waals surface area contributed by atoms with E-state index in [1.54, 1.807) is 48.5 Å². The fraction of sp³-hybridized carbons (Fsp3) is 0.0909. The number of amides is 1. The van der Waals surface area contributed by atoms with Crippen LogP contribution < -0.4 is 10.1 Å². The molecule has 0 unspecified atom stereocenters. The SMILES string of the molecule is CC(=O)c1ccc(NC(=O)c2cccc(OCc3ccccc3Cl)c2)cc1. The normalized spacial score (nSPS) is 10.3. The van der Waals surface area contributed by atoms with Crippen molar-refractivity contribution in [3.8, 4) is 5.75 Å². The summed E-state index contributed by atoms with van der Waals surface area (Å²) in [4.78, 5) is 23.8.